The van der Waals surface area contributed by atoms with Crippen LogP contribution in [0.4, 0.5) is 4.79 Å². The van der Waals surface area contributed by atoms with Gasteiger partial charge in [0.1, 0.15) is 5.60 Å². The molecule has 0 aliphatic heterocycles. The van der Waals surface area contributed by atoms with Gasteiger partial charge >= 0.3 is 6.09 Å². The highest BCUT2D eigenvalue weighted by molar-refractivity contribution is 5.68. The predicted molar refractivity (Wildman–Crippen MR) is 58.3 cm³/mol. The van der Waals surface area contributed by atoms with Crippen LogP contribution in [-0.4, -0.2) is 17.7 Å². The van der Waals surface area contributed by atoms with E-state index in [0.717, 1.165) is 12.8 Å². The fraction of sp³-hybridized carbons (Fsp3) is 0.818. The van der Waals surface area contributed by atoms with Crippen LogP contribution in [0.3, 0.4) is 0 Å². The van der Waals surface area contributed by atoms with Gasteiger partial charge in [-0.25, -0.2) is 4.79 Å². The van der Waals surface area contributed by atoms with E-state index in [2.05, 4.69) is 11.4 Å². The third kappa shape index (κ3) is 7.80. The second-order valence-corrected chi connectivity index (χ2v) is 4.49. The number of nitrogens with one attached hydrogen (secondary N) is 1. The minimum absolute atomic E-state index is 0.102. The molecule has 0 spiro atoms. The SMILES string of the molecule is CCC[C@@H](CC#N)NC(=O)OC(C)(C)C. The van der Waals surface area contributed by atoms with Crippen LogP contribution in [0.15, 0.2) is 0 Å². The molecule has 0 saturated carbocycles. The normalized spacial score (nSPS) is 12.7. The minimum atomic E-state index is -0.493. The van der Waals surface area contributed by atoms with E-state index in [4.69, 9.17) is 10.00 Å². The Kier molecular flexibility index (Phi) is 5.76. The van der Waals surface area contributed by atoms with Gasteiger partial charge in [0.15, 0.2) is 0 Å². The molecule has 0 bridgehead atoms. The Hall–Kier alpha value is -1.24. The standard InChI is InChI=1S/C11H20N2O2/c1-5-6-9(7-8-12)13-10(14)15-11(2,3)4/h9H,5-7H2,1-4H3,(H,13,14)/t9-/m0/s1. The number of carbonyl (C=O) groups is 1. The van der Waals surface area contributed by atoms with Crippen molar-refractivity contribution in [3.63, 3.8) is 0 Å². The van der Waals surface area contributed by atoms with Crippen molar-refractivity contribution < 1.29 is 9.53 Å². The van der Waals surface area contributed by atoms with E-state index in [1.165, 1.54) is 0 Å². The Morgan fingerprint density at radius 3 is 2.53 bits per heavy atom. The highest BCUT2D eigenvalue weighted by atomic mass is 16.6. The number of hydrogen-bond donors (Lipinski definition) is 1. The van der Waals surface area contributed by atoms with Gasteiger partial charge in [0, 0.05) is 6.04 Å². The number of alkyl carbamates (subject to hydrolysis) is 1. The van der Waals surface area contributed by atoms with Gasteiger partial charge in [-0.15, -0.1) is 0 Å². The molecule has 0 aliphatic carbocycles. The number of rotatable bonds is 4. The van der Waals surface area contributed by atoms with E-state index in [1.54, 1.807) is 0 Å². The summed E-state index contributed by atoms with van der Waals surface area (Å²) in [6.45, 7) is 7.45. The van der Waals surface area contributed by atoms with Gasteiger partial charge in [-0.05, 0) is 27.2 Å². The van der Waals surface area contributed by atoms with E-state index < -0.39 is 11.7 Å². The molecule has 15 heavy (non-hydrogen) atoms. The molecular weight excluding hydrogens is 192 g/mol. The van der Waals surface area contributed by atoms with Gasteiger partial charge in [0.2, 0.25) is 0 Å². The lowest BCUT2D eigenvalue weighted by Gasteiger charge is -2.22. The average molecular weight is 212 g/mol. The summed E-state index contributed by atoms with van der Waals surface area (Å²) in [7, 11) is 0. The lowest BCUT2D eigenvalue weighted by molar-refractivity contribution is 0.0502. The van der Waals surface area contributed by atoms with Crippen LogP contribution in [0, 0.1) is 11.3 Å². The summed E-state index contributed by atoms with van der Waals surface area (Å²) in [5.74, 6) is 0. The molecule has 0 radical (unpaired) electrons. The van der Waals surface area contributed by atoms with Gasteiger partial charge < -0.3 is 10.1 Å². The summed E-state index contributed by atoms with van der Waals surface area (Å²) in [6, 6.07) is 1.95. The second kappa shape index (κ2) is 6.28. The van der Waals surface area contributed by atoms with Crippen molar-refractivity contribution in [1.82, 2.24) is 5.32 Å². The Morgan fingerprint density at radius 1 is 1.53 bits per heavy atom. The molecule has 1 N–H and O–H groups in total. The number of carbonyl (C=O) groups excluding carboxylic acids is 1. The maximum Gasteiger partial charge on any atom is 0.407 e. The molecule has 0 aromatic heterocycles. The van der Waals surface area contributed by atoms with E-state index in [0.29, 0.717) is 6.42 Å². The molecule has 0 aliphatic rings. The fourth-order valence-electron chi connectivity index (χ4n) is 1.16. The molecule has 1 atom stereocenters. The molecule has 4 heteroatoms. The Bertz CT molecular complexity index is 238. The topological polar surface area (TPSA) is 62.1 Å². The Labute approximate surface area is 91.6 Å². The van der Waals surface area contributed by atoms with Crippen molar-refractivity contribution in [3.05, 3.63) is 0 Å². The maximum atomic E-state index is 11.4. The monoisotopic (exact) mass is 212 g/mol. The predicted octanol–water partition coefficient (Wildman–Crippen LogP) is 2.59. The van der Waals surface area contributed by atoms with Crippen molar-refractivity contribution >= 4 is 6.09 Å². The van der Waals surface area contributed by atoms with Gasteiger partial charge in [0.05, 0.1) is 12.5 Å². The third-order valence-corrected chi connectivity index (χ3v) is 1.70. The summed E-state index contributed by atoms with van der Waals surface area (Å²) in [5, 5.41) is 11.3. The average Bonchev–Trinajstić information content (AvgIpc) is 2.00. The molecule has 0 fully saturated rings. The number of nitriles is 1. The molecule has 1 amide bonds. The maximum absolute atomic E-state index is 11.4. The smallest absolute Gasteiger partial charge is 0.407 e. The molecule has 0 saturated heterocycles. The summed E-state index contributed by atoms with van der Waals surface area (Å²) in [4.78, 5) is 11.4. The fourth-order valence-corrected chi connectivity index (χ4v) is 1.16. The molecule has 0 aromatic rings. The Balaban J connectivity index is 4.06. The first kappa shape index (κ1) is 13.8. The van der Waals surface area contributed by atoms with Gasteiger partial charge in [-0.1, -0.05) is 13.3 Å². The van der Waals surface area contributed by atoms with Crippen LogP contribution in [-0.2, 0) is 4.74 Å². The van der Waals surface area contributed by atoms with Gasteiger partial charge in [0.25, 0.3) is 0 Å². The highest BCUT2D eigenvalue weighted by Crippen LogP contribution is 2.08. The molecular formula is C11H20N2O2. The van der Waals surface area contributed by atoms with Crippen LogP contribution in [0.25, 0.3) is 0 Å². The van der Waals surface area contributed by atoms with Crippen LogP contribution >= 0.6 is 0 Å². The van der Waals surface area contributed by atoms with Crippen molar-refractivity contribution in [3.8, 4) is 6.07 Å². The number of amides is 1. The molecule has 0 heterocycles. The summed E-state index contributed by atoms with van der Waals surface area (Å²) >= 11 is 0. The molecule has 0 rings (SSSR count). The van der Waals surface area contributed by atoms with Crippen molar-refractivity contribution in [2.75, 3.05) is 0 Å². The zero-order chi connectivity index (χ0) is 11.9. The summed E-state index contributed by atoms with van der Waals surface area (Å²) in [5.41, 5.74) is -0.493. The summed E-state index contributed by atoms with van der Waals surface area (Å²) in [6.07, 6.45) is 1.61. The zero-order valence-electron chi connectivity index (χ0n) is 9.96. The van der Waals surface area contributed by atoms with Crippen LogP contribution in [0.5, 0.6) is 0 Å². The Morgan fingerprint density at radius 2 is 2.13 bits per heavy atom. The van der Waals surface area contributed by atoms with Crippen LogP contribution < -0.4 is 5.32 Å². The van der Waals surface area contributed by atoms with Crippen molar-refractivity contribution in [1.29, 1.82) is 5.26 Å². The quantitative estimate of drug-likeness (QED) is 0.779. The number of nitrogens with zero attached hydrogens (tertiary/aromatic N) is 1. The van der Waals surface area contributed by atoms with E-state index in [9.17, 15) is 4.79 Å². The lowest BCUT2D eigenvalue weighted by Crippen LogP contribution is -2.38. The first-order valence-electron chi connectivity index (χ1n) is 5.25. The first-order valence-corrected chi connectivity index (χ1v) is 5.25. The number of ether oxygens (including phenoxy) is 1. The first-order chi connectivity index (χ1) is 6.89. The summed E-state index contributed by atoms with van der Waals surface area (Å²) < 4.78 is 5.10. The van der Waals surface area contributed by atoms with E-state index in [1.807, 2.05) is 27.7 Å². The molecule has 0 unspecified atom stereocenters. The largest absolute Gasteiger partial charge is 0.444 e. The van der Waals surface area contributed by atoms with Crippen molar-refractivity contribution in [2.24, 2.45) is 0 Å². The molecule has 86 valence electrons. The van der Waals surface area contributed by atoms with Crippen LogP contribution in [0.1, 0.15) is 47.0 Å². The zero-order valence-corrected chi connectivity index (χ0v) is 9.96. The third-order valence-electron chi connectivity index (χ3n) is 1.70. The molecule has 0 aromatic carbocycles. The van der Waals surface area contributed by atoms with Gasteiger partial charge in [-0.3, -0.25) is 0 Å². The van der Waals surface area contributed by atoms with E-state index >= 15 is 0 Å². The minimum Gasteiger partial charge on any atom is -0.444 e. The van der Waals surface area contributed by atoms with Gasteiger partial charge in [-0.2, -0.15) is 5.26 Å². The van der Waals surface area contributed by atoms with Crippen LogP contribution in [0.2, 0.25) is 0 Å². The lowest BCUT2D eigenvalue weighted by atomic mass is 10.1. The number of hydrogen-bond acceptors (Lipinski definition) is 3. The molecule has 4 nitrogen and oxygen atoms in total. The second-order valence-electron chi connectivity index (χ2n) is 4.49. The highest BCUT2D eigenvalue weighted by Gasteiger charge is 2.18. The van der Waals surface area contributed by atoms with Crippen molar-refractivity contribution in [2.45, 2.75) is 58.6 Å². The van der Waals surface area contributed by atoms with E-state index in [-0.39, 0.29) is 6.04 Å².